The van der Waals surface area contributed by atoms with E-state index in [4.69, 9.17) is 23.2 Å². The quantitative estimate of drug-likeness (QED) is 0.794. The third-order valence-corrected chi connectivity index (χ3v) is 3.70. The van der Waals surface area contributed by atoms with Crippen LogP contribution in [0.5, 0.6) is 0 Å². The van der Waals surface area contributed by atoms with Crippen molar-refractivity contribution in [3.05, 3.63) is 45.9 Å². The van der Waals surface area contributed by atoms with E-state index in [0.717, 1.165) is 17.8 Å². The molecule has 106 valence electrons. The molecule has 2 aromatic rings. The van der Waals surface area contributed by atoms with E-state index in [9.17, 15) is 0 Å². The molecule has 0 fully saturated rings. The molecule has 2 rings (SSSR count). The first-order valence-corrected chi connectivity index (χ1v) is 7.48. The van der Waals surface area contributed by atoms with Gasteiger partial charge in [0.15, 0.2) is 0 Å². The minimum Gasteiger partial charge on any atom is -0.369 e. The van der Waals surface area contributed by atoms with E-state index < -0.39 is 0 Å². The lowest BCUT2D eigenvalue weighted by Crippen LogP contribution is -2.01. The number of nitrogens with one attached hydrogen (secondary N) is 1. The largest absolute Gasteiger partial charge is 0.369 e. The maximum Gasteiger partial charge on any atom is 0.145 e. The number of nitrogens with zero attached hydrogens (tertiary/aromatic N) is 1. The molecule has 0 saturated carbocycles. The highest BCUT2D eigenvalue weighted by atomic mass is 35.5. The molecule has 1 N–H and O–H groups in total. The Morgan fingerprint density at radius 3 is 2.30 bits per heavy atom. The van der Waals surface area contributed by atoms with Crippen molar-refractivity contribution in [1.29, 1.82) is 0 Å². The van der Waals surface area contributed by atoms with E-state index >= 15 is 0 Å². The molecule has 0 saturated heterocycles. The van der Waals surface area contributed by atoms with Crippen molar-refractivity contribution in [3.8, 4) is 11.3 Å². The van der Waals surface area contributed by atoms with Crippen LogP contribution in [-0.2, 0) is 0 Å². The van der Waals surface area contributed by atoms with E-state index in [1.165, 1.54) is 5.56 Å². The third kappa shape index (κ3) is 3.25. The summed E-state index contributed by atoms with van der Waals surface area (Å²) in [5.74, 6) is 1.18. The summed E-state index contributed by atoms with van der Waals surface area (Å²) in [5, 5.41) is 4.25. The molecule has 0 bridgehead atoms. The zero-order chi connectivity index (χ0) is 14.7. The highest BCUT2D eigenvalue weighted by Gasteiger charge is 2.11. The lowest BCUT2D eigenvalue weighted by atomic mass is 10.0. The Morgan fingerprint density at radius 2 is 1.75 bits per heavy atom. The molecule has 0 radical (unpaired) electrons. The van der Waals surface area contributed by atoms with Gasteiger partial charge in [0.05, 0.1) is 15.7 Å². The monoisotopic (exact) mass is 308 g/mol. The number of pyridine rings is 1. The summed E-state index contributed by atoms with van der Waals surface area (Å²) in [6.07, 6.45) is 0. The van der Waals surface area contributed by atoms with Crippen LogP contribution in [0, 0.1) is 0 Å². The fourth-order valence-corrected chi connectivity index (χ4v) is 2.52. The highest BCUT2D eigenvalue weighted by molar-refractivity contribution is 6.37. The van der Waals surface area contributed by atoms with Crippen LogP contribution in [0.2, 0.25) is 10.0 Å². The van der Waals surface area contributed by atoms with Crippen molar-refractivity contribution in [2.45, 2.75) is 26.7 Å². The van der Waals surface area contributed by atoms with Gasteiger partial charge in [-0.15, -0.1) is 0 Å². The second kappa shape index (κ2) is 6.47. The summed E-state index contributed by atoms with van der Waals surface area (Å²) in [6, 6.07) is 10.1. The molecule has 0 aliphatic carbocycles. The van der Waals surface area contributed by atoms with Gasteiger partial charge >= 0.3 is 0 Å². The van der Waals surface area contributed by atoms with Crippen LogP contribution in [0.4, 0.5) is 5.82 Å². The van der Waals surface area contributed by atoms with Gasteiger partial charge in [0.1, 0.15) is 5.82 Å². The van der Waals surface area contributed by atoms with Crippen molar-refractivity contribution < 1.29 is 0 Å². The van der Waals surface area contributed by atoms with Gasteiger partial charge in [-0.25, -0.2) is 4.98 Å². The first kappa shape index (κ1) is 15.1. The van der Waals surface area contributed by atoms with Gasteiger partial charge in [0, 0.05) is 12.1 Å². The highest BCUT2D eigenvalue weighted by Crippen LogP contribution is 2.32. The van der Waals surface area contributed by atoms with Crippen LogP contribution in [0.25, 0.3) is 11.3 Å². The van der Waals surface area contributed by atoms with E-state index in [1.54, 1.807) is 6.07 Å². The fraction of sp³-hybridized carbons (Fsp3) is 0.312. The lowest BCUT2D eigenvalue weighted by Gasteiger charge is -2.11. The van der Waals surface area contributed by atoms with E-state index in [-0.39, 0.29) is 0 Å². The maximum atomic E-state index is 6.26. The summed E-state index contributed by atoms with van der Waals surface area (Å²) in [5.41, 5.74) is 3.04. The van der Waals surface area contributed by atoms with Crippen molar-refractivity contribution in [3.63, 3.8) is 0 Å². The lowest BCUT2D eigenvalue weighted by molar-refractivity contribution is 0.867. The van der Waals surface area contributed by atoms with Gasteiger partial charge in [-0.1, -0.05) is 61.3 Å². The molecule has 1 aromatic carbocycles. The standard InChI is InChI=1S/C16H18Cl2N2/c1-4-19-16-14(18)9-13(17)15(20-16)12-7-5-11(6-8-12)10(2)3/h5-10H,4H2,1-3H3,(H,19,20). The van der Waals surface area contributed by atoms with Crippen LogP contribution < -0.4 is 5.32 Å². The summed E-state index contributed by atoms with van der Waals surface area (Å²) in [7, 11) is 0. The zero-order valence-corrected chi connectivity index (χ0v) is 13.4. The smallest absolute Gasteiger partial charge is 0.145 e. The molecule has 0 amide bonds. The Kier molecular flexibility index (Phi) is 4.90. The molecule has 0 atom stereocenters. The molecule has 2 nitrogen and oxygen atoms in total. The molecule has 0 spiro atoms. The van der Waals surface area contributed by atoms with Gasteiger partial charge in [0.25, 0.3) is 0 Å². The molecule has 0 aliphatic rings. The predicted octanol–water partition coefficient (Wildman–Crippen LogP) is 5.61. The third-order valence-electron chi connectivity index (χ3n) is 3.12. The SMILES string of the molecule is CCNc1nc(-c2ccc(C(C)C)cc2)c(Cl)cc1Cl. The van der Waals surface area contributed by atoms with Crippen molar-refractivity contribution in [1.82, 2.24) is 4.98 Å². The summed E-state index contributed by atoms with van der Waals surface area (Å²) < 4.78 is 0. The zero-order valence-electron chi connectivity index (χ0n) is 11.9. The van der Waals surface area contributed by atoms with Crippen LogP contribution in [0.1, 0.15) is 32.3 Å². The van der Waals surface area contributed by atoms with Gasteiger partial charge in [-0.3, -0.25) is 0 Å². The molecule has 0 aliphatic heterocycles. The Labute approximate surface area is 130 Å². The molecule has 4 heteroatoms. The van der Waals surface area contributed by atoms with Gasteiger partial charge in [0.2, 0.25) is 0 Å². The average Bonchev–Trinajstić information content (AvgIpc) is 2.42. The number of anilines is 1. The Hall–Kier alpha value is -1.25. The van der Waals surface area contributed by atoms with Crippen LogP contribution >= 0.6 is 23.2 Å². The summed E-state index contributed by atoms with van der Waals surface area (Å²) >= 11 is 12.4. The summed E-state index contributed by atoms with van der Waals surface area (Å²) in [4.78, 5) is 4.53. The summed E-state index contributed by atoms with van der Waals surface area (Å²) in [6.45, 7) is 7.11. The first-order chi connectivity index (χ1) is 9.52. The van der Waals surface area contributed by atoms with Crippen LogP contribution in [-0.4, -0.2) is 11.5 Å². The van der Waals surface area contributed by atoms with Crippen LogP contribution in [0.15, 0.2) is 30.3 Å². The van der Waals surface area contributed by atoms with Crippen LogP contribution in [0.3, 0.4) is 0 Å². The predicted molar refractivity (Wildman–Crippen MR) is 87.9 cm³/mol. The number of halogens is 2. The Balaban J connectivity index is 2.43. The number of aromatic nitrogens is 1. The molecule has 1 heterocycles. The molecular formula is C16H18Cl2N2. The minimum atomic E-state index is 0.509. The van der Waals surface area contributed by atoms with Crippen molar-refractivity contribution >= 4 is 29.0 Å². The molecular weight excluding hydrogens is 291 g/mol. The second-order valence-corrected chi connectivity index (χ2v) is 5.77. The molecule has 20 heavy (non-hydrogen) atoms. The topological polar surface area (TPSA) is 24.9 Å². The van der Waals surface area contributed by atoms with E-state index in [0.29, 0.717) is 21.8 Å². The number of rotatable bonds is 4. The minimum absolute atomic E-state index is 0.509. The maximum absolute atomic E-state index is 6.26. The average molecular weight is 309 g/mol. The Bertz CT molecular complexity index is 592. The Morgan fingerprint density at radius 1 is 1.10 bits per heavy atom. The van der Waals surface area contributed by atoms with Crippen molar-refractivity contribution in [2.75, 3.05) is 11.9 Å². The number of hydrogen-bond donors (Lipinski definition) is 1. The van der Waals surface area contributed by atoms with Gasteiger partial charge in [-0.05, 0) is 24.5 Å². The number of hydrogen-bond acceptors (Lipinski definition) is 2. The number of benzene rings is 1. The molecule has 0 unspecified atom stereocenters. The second-order valence-electron chi connectivity index (χ2n) is 4.96. The normalized spacial score (nSPS) is 10.9. The van der Waals surface area contributed by atoms with Gasteiger partial charge < -0.3 is 5.32 Å². The van der Waals surface area contributed by atoms with E-state index in [2.05, 4.69) is 36.3 Å². The first-order valence-electron chi connectivity index (χ1n) is 6.73. The van der Waals surface area contributed by atoms with Gasteiger partial charge in [-0.2, -0.15) is 0 Å². The fourth-order valence-electron chi connectivity index (χ4n) is 1.99. The van der Waals surface area contributed by atoms with E-state index in [1.807, 2.05) is 19.1 Å². The molecule has 1 aromatic heterocycles. The van der Waals surface area contributed by atoms with Crippen molar-refractivity contribution in [2.24, 2.45) is 0 Å².